The summed E-state index contributed by atoms with van der Waals surface area (Å²) in [6.07, 6.45) is 19.0. The second-order valence-electron chi connectivity index (χ2n) is 16.5. The van der Waals surface area contributed by atoms with Crippen molar-refractivity contribution in [2.45, 2.75) is 37.6 Å². The number of hydrogen-bond acceptors (Lipinski definition) is 10. The number of rotatable bonds is 6. The van der Waals surface area contributed by atoms with Gasteiger partial charge in [0.15, 0.2) is 34.9 Å². The van der Waals surface area contributed by atoms with Crippen molar-refractivity contribution in [1.29, 1.82) is 0 Å². The summed E-state index contributed by atoms with van der Waals surface area (Å²) in [7, 11) is 0. The van der Waals surface area contributed by atoms with Crippen molar-refractivity contribution in [3.8, 4) is 68.5 Å². The highest BCUT2D eigenvalue weighted by Crippen LogP contribution is 2.66. The topological polar surface area (TPSA) is 128 Å². The van der Waals surface area contributed by atoms with Gasteiger partial charge in [0.2, 0.25) is 0 Å². The van der Waals surface area contributed by atoms with Crippen LogP contribution in [0.2, 0.25) is 0 Å². The maximum absolute atomic E-state index is 5.16. The van der Waals surface area contributed by atoms with Gasteiger partial charge in [0.1, 0.15) is 23.1 Å². The normalized spacial score (nSPS) is 20.0. The molecular weight excluding hydrogens is 777 g/mol. The zero-order chi connectivity index (χ0) is 42.1. The van der Waals surface area contributed by atoms with Crippen LogP contribution in [0.4, 0.5) is 0 Å². The van der Waals surface area contributed by atoms with Gasteiger partial charge >= 0.3 is 0 Å². The minimum absolute atomic E-state index is 0.0812. The first-order chi connectivity index (χ1) is 31.0. The standard InChI is InChI=1S/C53H38N10/c1-31-15-19-35-37-21-17-33(47-58-49(43-11-3-7-23-54-43)62-50(59-47)44-12-4-8-24-55-44)29-41(37)53(39(35)27-31)40-28-32(2)16-20-36(40)38-22-18-34(30-42(38)53)48-60-51(45-13-5-9-25-56-45)63-52(61-48)46-14-6-10-26-57-46/h3-13,15-30,35,39,46H,14H2,1-2H3. The molecule has 0 saturated heterocycles. The largest absolute Gasteiger partial charge is 0.281 e. The zero-order valence-corrected chi connectivity index (χ0v) is 34.5. The second kappa shape index (κ2) is 14.6. The fourth-order valence-electron chi connectivity index (χ4n) is 9.93. The van der Waals surface area contributed by atoms with Gasteiger partial charge in [0, 0.05) is 47.8 Å². The second-order valence-corrected chi connectivity index (χ2v) is 16.5. The summed E-state index contributed by atoms with van der Waals surface area (Å²) in [6.45, 7) is 4.39. The summed E-state index contributed by atoms with van der Waals surface area (Å²) in [5, 5.41) is 0. The van der Waals surface area contributed by atoms with E-state index in [4.69, 9.17) is 34.9 Å². The lowest BCUT2D eigenvalue weighted by Gasteiger charge is -2.37. The third-order valence-corrected chi connectivity index (χ3v) is 12.7. The lowest BCUT2D eigenvalue weighted by Crippen LogP contribution is -2.33. The van der Waals surface area contributed by atoms with Crippen LogP contribution < -0.4 is 0 Å². The number of aliphatic imine (C=N–C) groups is 1. The van der Waals surface area contributed by atoms with E-state index in [2.05, 4.69) is 108 Å². The summed E-state index contributed by atoms with van der Waals surface area (Å²) in [6, 6.07) is 37.5. The number of aryl methyl sites for hydroxylation is 1. The Morgan fingerprint density at radius 1 is 0.556 bits per heavy atom. The van der Waals surface area contributed by atoms with Gasteiger partial charge in [-0.2, -0.15) is 0 Å². The molecule has 3 aliphatic carbocycles. The molecule has 5 aromatic heterocycles. The summed E-state index contributed by atoms with van der Waals surface area (Å²) in [5.74, 6) is 3.46. The molecule has 1 spiro atoms. The number of hydrogen-bond donors (Lipinski definition) is 0. The molecule has 0 saturated carbocycles. The van der Waals surface area contributed by atoms with Crippen LogP contribution in [0.5, 0.6) is 0 Å². The van der Waals surface area contributed by atoms with E-state index in [1.807, 2.05) is 66.9 Å². The average molecular weight is 815 g/mol. The average Bonchev–Trinajstić information content (AvgIpc) is 3.80. The summed E-state index contributed by atoms with van der Waals surface area (Å²) < 4.78 is 0. The van der Waals surface area contributed by atoms with Crippen LogP contribution >= 0.6 is 0 Å². The van der Waals surface area contributed by atoms with Gasteiger partial charge in [-0.25, -0.2) is 29.9 Å². The quantitative estimate of drug-likeness (QED) is 0.161. The molecular formula is C53H38N10. The third kappa shape index (κ3) is 6.01. The molecule has 300 valence electrons. The van der Waals surface area contributed by atoms with Crippen LogP contribution in [0.3, 0.4) is 0 Å². The molecule has 0 amide bonds. The number of fused-ring (bicyclic) bond motifs is 10. The fraction of sp³-hybridized carbons (Fsp3) is 0.132. The Balaban J connectivity index is 1.09. The Labute approximate surface area is 364 Å². The van der Waals surface area contributed by atoms with Crippen molar-refractivity contribution in [2.75, 3.05) is 0 Å². The molecule has 8 aromatic rings. The SMILES string of the molecule is CC1=CC2C(C=C1)c1ccc(-c3nc(-c4ccccn4)nc(-c4ccccn4)n3)cc1C21c2cc(C)ccc2-c2ccc(-c3nc(-c4ccccn4)nc(C4CC=CC=N4)n3)cc21. The van der Waals surface area contributed by atoms with Crippen molar-refractivity contribution < 1.29 is 0 Å². The molecule has 4 unspecified atom stereocenters. The minimum atomic E-state index is -0.576. The zero-order valence-electron chi connectivity index (χ0n) is 34.5. The number of benzene rings is 3. The van der Waals surface area contributed by atoms with Crippen molar-refractivity contribution >= 4 is 6.21 Å². The van der Waals surface area contributed by atoms with Gasteiger partial charge in [-0.15, -0.1) is 0 Å². The number of pyridine rings is 3. The minimum Gasteiger partial charge on any atom is -0.281 e. The van der Waals surface area contributed by atoms with Crippen molar-refractivity contribution in [3.63, 3.8) is 0 Å². The Hall–Kier alpha value is -7.98. The Kier molecular flexibility index (Phi) is 8.53. The molecule has 6 heterocycles. The maximum Gasteiger partial charge on any atom is 0.182 e. The lowest BCUT2D eigenvalue weighted by atomic mass is 9.64. The van der Waals surface area contributed by atoms with Gasteiger partial charge in [0.25, 0.3) is 0 Å². The third-order valence-electron chi connectivity index (χ3n) is 12.7. The summed E-state index contributed by atoms with van der Waals surface area (Å²) in [5.41, 5.74) is 13.1. The Morgan fingerprint density at radius 3 is 1.76 bits per heavy atom. The maximum atomic E-state index is 5.16. The van der Waals surface area contributed by atoms with Crippen LogP contribution in [0, 0.1) is 12.8 Å². The van der Waals surface area contributed by atoms with Crippen LogP contribution in [-0.2, 0) is 5.41 Å². The van der Waals surface area contributed by atoms with Gasteiger partial charge in [-0.3, -0.25) is 19.9 Å². The molecule has 3 aromatic carbocycles. The Morgan fingerprint density at radius 2 is 1.13 bits per heavy atom. The highest BCUT2D eigenvalue weighted by molar-refractivity contribution is 5.88. The van der Waals surface area contributed by atoms with E-state index in [-0.39, 0.29) is 17.9 Å². The van der Waals surface area contributed by atoms with E-state index in [1.54, 1.807) is 18.6 Å². The van der Waals surface area contributed by atoms with Gasteiger partial charge in [-0.05, 0) is 108 Å². The molecule has 63 heavy (non-hydrogen) atoms. The van der Waals surface area contributed by atoms with Crippen LogP contribution in [-0.4, -0.2) is 51.1 Å². The smallest absolute Gasteiger partial charge is 0.182 e. The number of aromatic nitrogens is 9. The van der Waals surface area contributed by atoms with Crippen molar-refractivity contribution in [1.82, 2.24) is 44.9 Å². The molecule has 0 fully saturated rings. The van der Waals surface area contributed by atoms with Crippen LogP contribution in [0.1, 0.15) is 58.9 Å². The first-order valence-electron chi connectivity index (χ1n) is 21.2. The molecule has 12 rings (SSSR count). The molecule has 4 aliphatic rings. The van der Waals surface area contributed by atoms with E-state index in [0.29, 0.717) is 58.4 Å². The number of nitrogens with zero attached hydrogens (tertiary/aromatic N) is 10. The van der Waals surface area contributed by atoms with E-state index < -0.39 is 5.41 Å². The molecule has 0 radical (unpaired) electrons. The van der Waals surface area contributed by atoms with E-state index in [1.165, 1.54) is 44.5 Å². The monoisotopic (exact) mass is 814 g/mol. The van der Waals surface area contributed by atoms with Gasteiger partial charge in [-0.1, -0.05) is 96.1 Å². The van der Waals surface area contributed by atoms with E-state index in [9.17, 15) is 0 Å². The van der Waals surface area contributed by atoms with Gasteiger partial charge in [0.05, 0.1) is 5.41 Å². The van der Waals surface area contributed by atoms with E-state index >= 15 is 0 Å². The highest BCUT2D eigenvalue weighted by atomic mass is 15.1. The molecule has 0 bridgehead atoms. The summed E-state index contributed by atoms with van der Waals surface area (Å²) >= 11 is 0. The summed E-state index contributed by atoms with van der Waals surface area (Å²) in [4.78, 5) is 48.9. The predicted molar refractivity (Wildman–Crippen MR) is 244 cm³/mol. The van der Waals surface area contributed by atoms with Crippen LogP contribution in [0.25, 0.3) is 68.5 Å². The molecule has 4 atom stereocenters. The highest BCUT2D eigenvalue weighted by Gasteiger charge is 2.57. The van der Waals surface area contributed by atoms with Crippen molar-refractivity contribution in [3.05, 3.63) is 197 Å². The number of allylic oxidation sites excluding steroid dienone is 5. The molecule has 10 heteroatoms. The molecule has 10 nitrogen and oxygen atoms in total. The first-order valence-corrected chi connectivity index (χ1v) is 21.2. The predicted octanol–water partition coefficient (Wildman–Crippen LogP) is 10.5. The van der Waals surface area contributed by atoms with Crippen LogP contribution in [0.15, 0.2) is 169 Å². The lowest BCUT2D eigenvalue weighted by molar-refractivity contribution is 0.463. The van der Waals surface area contributed by atoms with Gasteiger partial charge < -0.3 is 0 Å². The first kappa shape index (κ1) is 36.8. The fourth-order valence-corrected chi connectivity index (χ4v) is 9.93. The molecule has 1 aliphatic heterocycles. The molecule has 0 N–H and O–H groups in total. The Bertz CT molecular complexity index is 3190. The van der Waals surface area contributed by atoms with E-state index in [0.717, 1.165) is 11.1 Å². The van der Waals surface area contributed by atoms with Crippen molar-refractivity contribution in [2.24, 2.45) is 10.9 Å². The number of dihydropyridines is 1.